The molecule has 2 rings (SSSR count). The number of hydrogen-bond acceptors (Lipinski definition) is 2. The van der Waals surface area contributed by atoms with Gasteiger partial charge in [-0.15, -0.1) is 0 Å². The fourth-order valence-electron chi connectivity index (χ4n) is 1.85. The van der Waals surface area contributed by atoms with Gasteiger partial charge in [0.25, 0.3) is 0 Å². The minimum Gasteiger partial charge on any atom is -0.477 e. The summed E-state index contributed by atoms with van der Waals surface area (Å²) in [6.07, 6.45) is 1.14. The number of carboxylic acid groups (broad SMARTS) is 1. The second-order valence-electron chi connectivity index (χ2n) is 3.89. The zero-order chi connectivity index (χ0) is 12.7. The second kappa shape index (κ2) is 3.69. The van der Waals surface area contributed by atoms with E-state index in [4.69, 9.17) is 5.11 Å². The van der Waals surface area contributed by atoms with Gasteiger partial charge in [0.15, 0.2) is 0 Å². The molecule has 2 aromatic rings. The molecule has 88 valence electrons. The summed E-state index contributed by atoms with van der Waals surface area (Å²) in [5, 5.41) is 8.94. The lowest BCUT2D eigenvalue weighted by atomic mass is 10.0. The number of fused-ring (bicyclic) bond motifs is 1. The molecule has 0 radical (unpaired) electrons. The van der Waals surface area contributed by atoms with E-state index in [1.165, 1.54) is 13.0 Å². The minimum absolute atomic E-state index is 0.0994. The van der Waals surface area contributed by atoms with E-state index in [-0.39, 0.29) is 16.5 Å². The van der Waals surface area contributed by atoms with Crippen molar-refractivity contribution >= 4 is 16.9 Å². The Morgan fingerprint density at radius 2 is 2.06 bits per heavy atom. The predicted octanol–water partition coefficient (Wildman–Crippen LogP) is 1.98. The summed E-state index contributed by atoms with van der Waals surface area (Å²) in [7, 11) is 0. The van der Waals surface area contributed by atoms with Gasteiger partial charge in [-0.05, 0) is 31.0 Å². The largest absolute Gasteiger partial charge is 0.477 e. The number of nitrogens with one attached hydrogen (secondary N) is 1. The van der Waals surface area contributed by atoms with Crippen LogP contribution < -0.4 is 5.43 Å². The molecule has 1 heterocycles. The number of carbonyl (C=O) groups is 1. The molecule has 0 aliphatic carbocycles. The maximum Gasteiger partial charge on any atom is 0.341 e. The van der Waals surface area contributed by atoms with Gasteiger partial charge in [-0.2, -0.15) is 0 Å². The molecule has 0 saturated heterocycles. The molecule has 0 spiro atoms. The Morgan fingerprint density at radius 3 is 2.65 bits per heavy atom. The summed E-state index contributed by atoms with van der Waals surface area (Å²) in [6.45, 7) is 3.11. The molecule has 0 unspecified atom stereocenters. The van der Waals surface area contributed by atoms with E-state index in [0.29, 0.717) is 11.1 Å². The Bertz CT molecular complexity index is 688. The first-order chi connectivity index (χ1) is 7.93. The third-order valence-corrected chi connectivity index (χ3v) is 2.78. The summed E-state index contributed by atoms with van der Waals surface area (Å²) >= 11 is 0. The van der Waals surface area contributed by atoms with Crippen LogP contribution in [0.15, 0.2) is 17.1 Å². The minimum atomic E-state index is -1.32. The molecule has 4 nitrogen and oxygen atoms in total. The van der Waals surface area contributed by atoms with Gasteiger partial charge in [0.1, 0.15) is 11.4 Å². The van der Waals surface area contributed by atoms with E-state index in [2.05, 4.69) is 4.98 Å². The Balaban J connectivity index is 3.04. The second-order valence-corrected chi connectivity index (χ2v) is 3.89. The van der Waals surface area contributed by atoms with Crippen molar-refractivity contribution in [1.82, 2.24) is 4.98 Å². The average molecular weight is 235 g/mol. The quantitative estimate of drug-likeness (QED) is 0.794. The normalized spacial score (nSPS) is 10.8. The summed E-state index contributed by atoms with van der Waals surface area (Å²) in [5.41, 5.74) is 0.155. The van der Waals surface area contributed by atoms with Crippen LogP contribution in [0, 0.1) is 19.7 Å². The molecule has 0 atom stereocenters. The van der Waals surface area contributed by atoms with E-state index in [1.54, 1.807) is 6.92 Å². The number of carboxylic acids is 1. The van der Waals surface area contributed by atoms with Crippen LogP contribution in [-0.2, 0) is 0 Å². The standard InChI is InChI=1S/C12H10FNO3/c1-5-3-8(13)6(2)9-10(5)14-4-7(11(9)15)12(16)17/h3-4H,1-2H3,(H,14,15)(H,16,17). The molecule has 1 aromatic heterocycles. The number of aromatic carboxylic acids is 1. The van der Waals surface area contributed by atoms with Crippen LogP contribution in [0.5, 0.6) is 0 Å². The van der Waals surface area contributed by atoms with Gasteiger partial charge in [0.05, 0.1) is 10.9 Å². The number of benzene rings is 1. The number of rotatable bonds is 1. The van der Waals surface area contributed by atoms with Crippen LogP contribution in [0.4, 0.5) is 4.39 Å². The number of aromatic nitrogens is 1. The van der Waals surface area contributed by atoms with Crippen LogP contribution in [0.25, 0.3) is 10.9 Å². The first-order valence-electron chi connectivity index (χ1n) is 4.98. The molecule has 0 bridgehead atoms. The molecule has 0 fully saturated rings. The Kier molecular flexibility index (Phi) is 2.46. The molecule has 0 saturated carbocycles. The van der Waals surface area contributed by atoms with E-state index >= 15 is 0 Å². The highest BCUT2D eigenvalue weighted by Crippen LogP contribution is 2.20. The van der Waals surface area contributed by atoms with Crippen LogP contribution in [0.1, 0.15) is 21.5 Å². The third-order valence-electron chi connectivity index (χ3n) is 2.78. The zero-order valence-corrected chi connectivity index (χ0v) is 9.30. The Hall–Kier alpha value is -2.17. The Morgan fingerprint density at radius 1 is 1.41 bits per heavy atom. The molecule has 0 amide bonds. The summed E-state index contributed by atoms with van der Waals surface area (Å²) < 4.78 is 13.5. The summed E-state index contributed by atoms with van der Waals surface area (Å²) in [6, 6.07) is 1.31. The molecule has 2 N–H and O–H groups in total. The lowest BCUT2D eigenvalue weighted by molar-refractivity contribution is 0.0695. The maximum atomic E-state index is 13.5. The molecule has 17 heavy (non-hydrogen) atoms. The van der Waals surface area contributed by atoms with Crippen LogP contribution in [-0.4, -0.2) is 16.1 Å². The maximum absolute atomic E-state index is 13.5. The zero-order valence-electron chi connectivity index (χ0n) is 9.30. The van der Waals surface area contributed by atoms with Gasteiger partial charge in [-0.1, -0.05) is 0 Å². The number of halogens is 1. The fraction of sp³-hybridized carbons (Fsp3) is 0.167. The SMILES string of the molecule is Cc1cc(F)c(C)c2c(=O)c(C(=O)O)c[nH]c12. The number of aryl methyl sites for hydroxylation is 2. The van der Waals surface area contributed by atoms with Gasteiger partial charge in [0.2, 0.25) is 5.43 Å². The van der Waals surface area contributed by atoms with Crippen LogP contribution in [0.2, 0.25) is 0 Å². The number of hydrogen-bond donors (Lipinski definition) is 2. The third kappa shape index (κ3) is 1.60. The molecular weight excluding hydrogens is 225 g/mol. The Labute approximate surface area is 95.7 Å². The van der Waals surface area contributed by atoms with Gasteiger partial charge in [-0.3, -0.25) is 4.79 Å². The van der Waals surface area contributed by atoms with Gasteiger partial charge < -0.3 is 10.1 Å². The summed E-state index contributed by atoms with van der Waals surface area (Å²) in [5.74, 6) is -1.84. The monoisotopic (exact) mass is 235 g/mol. The highest BCUT2D eigenvalue weighted by atomic mass is 19.1. The topological polar surface area (TPSA) is 70.2 Å². The van der Waals surface area contributed by atoms with Crippen molar-refractivity contribution in [3.8, 4) is 0 Å². The smallest absolute Gasteiger partial charge is 0.341 e. The molecule has 0 aliphatic heterocycles. The van der Waals surface area contributed by atoms with Crippen molar-refractivity contribution in [2.45, 2.75) is 13.8 Å². The lowest BCUT2D eigenvalue weighted by Crippen LogP contribution is -2.17. The van der Waals surface area contributed by atoms with E-state index in [9.17, 15) is 14.0 Å². The summed E-state index contributed by atoms with van der Waals surface area (Å²) in [4.78, 5) is 25.5. The van der Waals surface area contributed by atoms with Crippen molar-refractivity contribution in [1.29, 1.82) is 0 Å². The van der Waals surface area contributed by atoms with Gasteiger partial charge >= 0.3 is 5.97 Å². The predicted molar refractivity (Wildman–Crippen MR) is 61.0 cm³/mol. The first kappa shape index (κ1) is 11.3. The van der Waals surface area contributed by atoms with E-state index in [0.717, 1.165) is 6.20 Å². The van der Waals surface area contributed by atoms with E-state index < -0.39 is 17.2 Å². The van der Waals surface area contributed by atoms with Crippen molar-refractivity contribution in [3.63, 3.8) is 0 Å². The number of aromatic amines is 1. The number of pyridine rings is 1. The molecular formula is C12H10FNO3. The first-order valence-corrected chi connectivity index (χ1v) is 4.98. The van der Waals surface area contributed by atoms with Crippen LogP contribution >= 0.6 is 0 Å². The van der Waals surface area contributed by atoms with Gasteiger partial charge in [0, 0.05) is 6.20 Å². The van der Waals surface area contributed by atoms with Crippen molar-refractivity contribution in [3.05, 3.63) is 45.0 Å². The number of H-pyrrole nitrogens is 1. The lowest BCUT2D eigenvalue weighted by Gasteiger charge is -2.07. The van der Waals surface area contributed by atoms with Gasteiger partial charge in [-0.25, -0.2) is 9.18 Å². The average Bonchev–Trinajstić information content (AvgIpc) is 2.25. The van der Waals surface area contributed by atoms with E-state index in [1.807, 2.05) is 0 Å². The van der Waals surface area contributed by atoms with Crippen molar-refractivity contribution in [2.24, 2.45) is 0 Å². The van der Waals surface area contributed by atoms with Crippen molar-refractivity contribution in [2.75, 3.05) is 0 Å². The molecule has 5 heteroatoms. The molecule has 1 aromatic carbocycles. The van der Waals surface area contributed by atoms with Crippen molar-refractivity contribution < 1.29 is 14.3 Å². The van der Waals surface area contributed by atoms with Crippen LogP contribution in [0.3, 0.4) is 0 Å². The molecule has 0 aliphatic rings. The highest BCUT2D eigenvalue weighted by Gasteiger charge is 2.16. The highest BCUT2D eigenvalue weighted by molar-refractivity contribution is 5.94. The fourth-order valence-corrected chi connectivity index (χ4v) is 1.85.